The number of hydrogen-bond acceptors (Lipinski definition) is 6. The quantitative estimate of drug-likeness (QED) is 0.285. The van der Waals surface area contributed by atoms with Gasteiger partial charge in [0.1, 0.15) is 6.54 Å². The van der Waals surface area contributed by atoms with Crippen LogP contribution < -0.4 is 14.2 Å². The van der Waals surface area contributed by atoms with Crippen molar-refractivity contribution in [3.63, 3.8) is 0 Å². The van der Waals surface area contributed by atoms with Crippen LogP contribution in [-0.2, 0) is 22.5 Å². The van der Waals surface area contributed by atoms with Crippen LogP contribution in [0.4, 0.5) is 0 Å². The van der Waals surface area contributed by atoms with Gasteiger partial charge in [0.2, 0.25) is 12.5 Å². The predicted octanol–water partition coefficient (Wildman–Crippen LogP) is 3.65. The first kappa shape index (κ1) is 22.2. The molecule has 7 nitrogen and oxygen atoms in total. The predicted molar refractivity (Wildman–Crippen MR) is 119 cm³/mol. The minimum Gasteiger partial charge on any atom is -0.492 e. The van der Waals surface area contributed by atoms with E-state index in [1.807, 2.05) is 19.2 Å². The molecular formula is C24H25ClNO6+. The van der Waals surface area contributed by atoms with Crippen molar-refractivity contribution in [2.24, 2.45) is 0 Å². The zero-order chi connectivity index (χ0) is 22.9. The molecule has 4 rings (SSSR count). The number of carbonyl (C=O) groups is 2. The average Bonchev–Trinajstić information content (AvgIpc) is 3.25. The van der Waals surface area contributed by atoms with Crippen LogP contribution in [-0.4, -0.2) is 57.4 Å². The number of quaternary nitrogens is 1. The van der Waals surface area contributed by atoms with Crippen LogP contribution >= 0.6 is 11.6 Å². The van der Waals surface area contributed by atoms with Gasteiger partial charge in [0.05, 0.1) is 38.9 Å². The minimum absolute atomic E-state index is 0.0179. The molecule has 168 valence electrons. The largest absolute Gasteiger partial charge is 0.492 e. The Morgan fingerprint density at radius 1 is 1.12 bits per heavy atom. The van der Waals surface area contributed by atoms with Crippen molar-refractivity contribution >= 4 is 29.4 Å². The van der Waals surface area contributed by atoms with Gasteiger partial charge < -0.3 is 23.4 Å². The van der Waals surface area contributed by atoms with Gasteiger partial charge in [-0.3, -0.25) is 4.79 Å². The monoisotopic (exact) mass is 458 g/mol. The molecule has 2 aromatic carbocycles. The van der Waals surface area contributed by atoms with Crippen molar-refractivity contribution in [3.8, 4) is 17.2 Å². The maximum Gasteiger partial charge on any atom is 0.361 e. The highest BCUT2D eigenvalue weighted by Gasteiger charge is 2.40. The van der Waals surface area contributed by atoms with Gasteiger partial charge >= 0.3 is 5.97 Å². The molecule has 0 saturated heterocycles. The Kier molecular flexibility index (Phi) is 6.13. The third kappa shape index (κ3) is 4.18. The summed E-state index contributed by atoms with van der Waals surface area (Å²) in [7, 11) is 4.94. The van der Waals surface area contributed by atoms with Crippen LogP contribution in [0.2, 0.25) is 5.02 Å². The van der Waals surface area contributed by atoms with Crippen LogP contribution in [0.15, 0.2) is 30.3 Å². The Morgan fingerprint density at radius 2 is 1.84 bits per heavy atom. The minimum atomic E-state index is -0.280. The van der Waals surface area contributed by atoms with E-state index in [9.17, 15) is 9.59 Å². The molecule has 0 saturated carbocycles. The molecule has 0 N–H and O–H groups in total. The lowest BCUT2D eigenvalue weighted by Gasteiger charge is -2.38. The van der Waals surface area contributed by atoms with E-state index in [1.54, 1.807) is 25.3 Å². The summed E-state index contributed by atoms with van der Waals surface area (Å²) in [4.78, 5) is 25.3. The summed E-state index contributed by atoms with van der Waals surface area (Å²) in [6.07, 6.45) is 3.87. The molecule has 32 heavy (non-hydrogen) atoms. The number of methoxy groups -OCH3 is 2. The number of nitrogens with zero attached hydrogens (tertiary/aromatic N) is 1. The number of benzene rings is 2. The third-order valence-electron chi connectivity index (χ3n) is 5.91. The molecule has 0 unspecified atom stereocenters. The summed E-state index contributed by atoms with van der Waals surface area (Å²) < 4.78 is 22.4. The van der Waals surface area contributed by atoms with Crippen molar-refractivity contribution < 1.29 is 33.0 Å². The summed E-state index contributed by atoms with van der Waals surface area (Å²) in [5.41, 5.74) is 3.08. The Balaban J connectivity index is 1.76. The fourth-order valence-corrected chi connectivity index (χ4v) is 4.42. The molecule has 8 heteroatoms. The Morgan fingerprint density at radius 3 is 2.53 bits per heavy atom. The number of hydrogen-bond donors (Lipinski definition) is 0. The first-order valence-corrected chi connectivity index (χ1v) is 10.6. The first-order chi connectivity index (χ1) is 15.3. The molecule has 0 amide bonds. The standard InChI is InChI=1S/C24H25ClNO6/c1-26(13-20(28)29-2)11-10-17-18(12-26)22(30-3)24-23(31-14-32-24)21(17)19(27)9-6-15-4-7-16(25)8-5-15/h4-9H,10-14H2,1-3H3/q+1/b9-6+/t26-/m0/s1. The summed E-state index contributed by atoms with van der Waals surface area (Å²) in [5, 5.41) is 0.634. The van der Waals surface area contributed by atoms with Gasteiger partial charge in [0, 0.05) is 11.4 Å². The lowest BCUT2D eigenvalue weighted by Crippen LogP contribution is -2.51. The fourth-order valence-electron chi connectivity index (χ4n) is 4.30. The summed E-state index contributed by atoms with van der Waals surface area (Å²) in [6.45, 7) is 1.43. The van der Waals surface area contributed by atoms with Gasteiger partial charge in [-0.2, -0.15) is 0 Å². The highest BCUT2D eigenvalue weighted by atomic mass is 35.5. The molecule has 1 atom stereocenters. The lowest BCUT2D eigenvalue weighted by molar-refractivity contribution is -0.917. The van der Waals surface area contributed by atoms with E-state index in [0.717, 1.165) is 16.7 Å². The zero-order valence-electron chi connectivity index (χ0n) is 18.3. The van der Waals surface area contributed by atoms with Gasteiger partial charge in [-0.05, 0) is 29.3 Å². The van der Waals surface area contributed by atoms with E-state index in [4.69, 9.17) is 30.5 Å². The van der Waals surface area contributed by atoms with E-state index in [1.165, 1.54) is 13.2 Å². The van der Waals surface area contributed by atoms with Crippen LogP contribution in [0.5, 0.6) is 17.2 Å². The molecule has 2 aromatic rings. The Bertz CT molecular complexity index is 1090. The normalized spacial score (nSPS) is 19.0. The van der Waals surface area contributed by atoms with Crippen molar-refractivity contribution in [3.05, 3.63) is 57.6 Å². The molecule has 2 aliphatic rings. The highest BCUT2D eigenvalue weighted by Crippen LogP contribution is 2.50. The summed E-state index contributed by atoms with van der Waals surface area (Å²) in [6, 6.07) is 7.23. The van der Waals surface area contributed by atoms with Crippen LogP contribution in [0.25, 0.3) is 6.08 Å². The topological polar surface area (TPSA) is 71.1 Å². The number of carbonyl (C=O) groups excluding carboxylic acids is 2. The van der Waals surface area contributed by atoms with E-state index >= 15 is 0 Å². The van der Waals surface area contributed by atoms with Crippen LogP contribution in [0.3, 0.4) is 0 Å². The van der Waals surface area contributed by atoms with E-state index < -0.39 is 0 Å². The second-order valence-corrected chi connectivity index (χ2v) is 8.60. The molecule has 0 bridgehead atoms. The van der Waals surface area contributed by atoms with Gasteiger partial charge in [-0.1, -0.05) is 29.8 Å². The Labute approximate surface area is 191 Å². The number of ketones is 1. The molecule has 0 fully saturated rings. The molecule has 0 radical (unpaired) electrons. The SMILES string of the molecule is COC(=O)C[N@@+]1(C)CCc2c(c(OC)c3c(c2C(=O)/C=C/c2ccc(Cl)cc2)OCO3)C1. The number of rotatable bonds is 6. The van der Waals surface area contributed by atoms with Gasteiger partial charge in [-0.15, -0.1) is 0 Å². The maximum absolute atomic E-state index is 13.3. The van der Waals surface area contributed by atoms with Gasteiger partial charge in [0.25, 0.3) is 0 Å². The van der Waals surface area contributed by atoms with Crippen LogP contribution in [0, 0.1) is 0 Å². The van der Waals surface area contributed by atoms with Crippen molar-refractivity contribution in [2.75, 3.05) is 41.1 Å². The second-order valence-electron chi connectivity index (χ2n) is 8.16. The van der Waals surface area contributed by atoms with Crippen molar-refractivity contribution in [2.45, 2.75) is 13.0 Å². The van der Waals surface area contributed by atoms with E-state index in [0.29, 0.717) is 51.8 Å². The summed E-state index contributed by atoms with van der Waals surface area (Å²) >= 11 is 5.94. The number of fused-ring (bicyclic) bond motifs is 2. The Hall–Kier alpha value is -3.03. The van der Waals surface area contributed by atoms with E-state index in [2.05, 4.69) is 0 Å². The smallest absolute Gasteiger partial charge is 0.361 e. The molecular weight excluding hydrogens is 434 g/mol. The van der Waals surface area contributed by atoms with Gasteiger partial charge in [-0.25, -0.2) is 4.79 Å². The molecule has 0 spiro atoms. The number of halogens is 1. The second kappa shape index (κ2) is 8.84. The first-order valence-electron chi connectivity index (χ1n) is 10.2. The fraction of sp³-hybridized carbons (Fsp3) is 0.333. The maximum atomic E-state index is 13.3. The summed E-state index contributed by atoms with van der Waals surface area (Å²) in [5.74, 6) is 0.943. The van der Waals surface area contributed by atoms with Crippen molar-refractivity contribution in [1.29, 1.82) is 0 Å². The van der Waals surface area contributed by atoms with Crippen LogP contribution in [0.1, 0.15) is 27.0 Å². The lowest BCUT2D eigenvalue weighted by atomic mass is 9.89. The highest BCUT2D eigenvalue weighted by molar-refractivity contribution is 6.30. The number of allylic oxidation sites excluding steroid dienone is 1. The zero-order valence-corrected chi connectivity index (χ0v) is 19.0. The average molecular weight is 459 g/mol. The number of ether oxygens (including phenoxy) is 4. The van der Waals surface area contributed by atoms with Gasteiger partial charge in [0.15, 0.2) is 23.8 Å². The number of esters is 1. The number of likely N-dealkylation sites (N-methyl/N-ethyl adjacent to an activating group) is 1. The molecule has 2 aliphatic heterocycles. The molecule has 0 aliphatic carbocycles. The van der Waals surface area contributed by atoms with Crippen molar-refractivity contribution in [1.82, 2.24) is 0 Å². The molecule has 0 aromatic heterocycles. The van der Waals surface area contributed by atoms with E-state index in [-0.39, 0.29) is 25.1 Å². The third-order valence-corrected chi connectivity index (χ3v) is 6.17. The molecule has 2 heterocycles.